The molecular weight excluding hydrogens is 482 g/mol. The van der Waals surface area contributed by atoms with Crippen molar-refractivity contribution in [3.63, 3.8) is 0 Å². The largest absolute Gasteiger partial charge is 0.465 e. The number of aromatic nitrogens is 1. The van der Waals surface area contributed by atoms with Gasteiger partial charge < -0.3 is 10.4 Å². The third-order valence-corrected chi connectivity index (χ3v) is 5.17. The summed E-state index contributed by atoms with van der Waals surface area (Å²) in [6.07, 6.45) is -5.09. The number of hydrogen-bond donors (Lipinski definition) is 3. The molecule has 3 aromatic rings. The van der Waals surface area contributed by atoms with E-state index in [-0.39, 0.29) is 22.7 Å². The van der Waals surface area contributed by atoms with Crippen molar-refractivity contribution < 1.29 is 27.5 Å². The van der Waals surface area contributed by atoms with Gasteiger partial charge in [0.1, 0.15) is 11.4 Å². The van der Waals surface area contributed by atoms with Crippen LogP contribution in [0.2, 0.25) is 5.02 Å². The average molecular weight is 498 g/mol. The number of halogens is 5. The standard InChI is InChI=1S/C22H16ClF4N3O2S/c23-16-6-7-18(28-12-16)21(30-19(33)29-20(31)32,11-13-4-2-1-3-5-13)14-8-15(22(25,26)27)10-17(24)9-14/h1-10,12H,11H2,(H,31,32)(H2,29,30,33). The van der Waals surface area contributed by atoms with E-state index in [1.807, 2.05) is 5.32 Å². The fourth-order valence-electron chi connectivity index (χ4n) is 3.37. The summed E-state index contributed by atoms with van der Waals surface area (Å²) in [5, 5.41) is 13.6. The highest BCUT2D eigenvalue weighted by molar-refractivity contribution is 7.80. The second-order valence-corrected chi connectivity index (χ2v) is 7.88. The van der Waals surface area contributed by atoms with Gasteiger partial charge in [-0.15, -0.1) is 0 Å². The van der Waals surface area contributed by atoms with Crippen LogP contribution in [-0.4, -0.2) is 21.3 Å². The number of nitrogens with one attached hydrogen (secondary N) is 2. The van der Waals surface area contributed by atoms with Crippen molar-refractivity contribution in [2.45, 2.75) is 18.1 Å². The number of carbonyl (C=O) groups is 1. The van der Waals surface area contributed by atoms with Crippen molar-refractivity contribution in [3.8, 4) is 0 Å². The van der Waals surface area contributed by atoms with E-state index in [9.17, 15) is 22.4 Å². The maximum Gasteiger partial charge on any atom is 0.416 e. The molecule has 5 nitrogen and oxygen atoms in total. The van der Waals surface area contributed by atoms with E-state index < -0.39 is 34.3 Å². The topological polar surface area (TPSA) is 74.2 Å². The summed E-state index contributed by atoms with van der Waals surface area (Å²) in [5.74, 6) is -1.13. The lowest BCUT2D eigenvalue weighted by Crippen LogP contribution is -2.53. The van der Waals surface area contributed by atoms with Gasteiger partial charge in [0.15, 0.2) is 5.11 Å². The number of amides is 1. The third-order valence-electron chi connectivity index (χ3n) is 4.74. The summed E-state index contributed by atoms with van der Waals surface area (Å²) in [7, 11) is 0. The first-order valence-electron chi connectivity index (χ1n) is 9.36. The first kappa shape index (κ1) is 24.4. The van der Waals surface area contributed by atoms with Crippen LogP contribution < -0.4 is 10.6 Å². The van der Waals surface area contributed by atoms with Crippen LogP contribution in [0.25, 0.3) is 0 Å². The molecule has 0 saturated heterocycles. The molecule has 1 unspecified atom stereocenters. The number of thiocarbonyl (C=S) groups is 1. The van der Waals surface area contributed by atoms with Gasteiger partial charge in [0.05, 0.1) is 16.3 Å². The summed E-state index contributed by atoms with van der Waals surface area (Å²) >= 11 is 11.0. The normalized spacial score (nSPS) is 13.1. The van der Waals surface area contributed by atoms with Gasteiger partial charge in [0.25, 0.3) is 0 Å². The molecule has 2 aromatic carbocycles. The zero-order valence-electron chi connectivity index (χ0n) is 16.7. The molecule has 1 amide bonds. The molecule has 0 saturated carbocycles. The molecule has 3 N–H and O–H groups in total. The van der Waals surface area contributed by atoms with Gasteiger partial charge in [0, 0.05) is 12.6 Å². The SMILES string of the molecule is O=C(O)NC(=S)NC(Cc1ccccc1)(c1cc(F)cc(C(F)(F)F)c1)c1ccc(Cl)cn1. The van der Waals surface area contributed by atoms with Crippen LogP contribution in [0.5, 0.6) is 0 Å². The molecule has 1 aromatic heterocycles. The van der Waals surface area contributed by atoms with E-state index >= 15 is 0 Å². The smallest absolute Gasteiger partial charge is 0.416 e. The maximum absolute atomic E-state index is 14.4. The van der Waals surface area contributed by atoms with Crippen molar-refractivity contribution in [2.24, 2.45) is 0 Å². The lowest BCUT2D eigenvalue weighted by Gasteiger charge is -2.36. The monoisotopic (exact) mass is 497 g/mol. The predicted molar refractivity (Wildman–Crippen MR) is 118 cm³/mol. The van der Waals surface area contributed by atoms with E-state index in [1.165, 1.54) is 18.3 Å². The predicted octanol–water partition coefficient (Wildman–Crippen LogP) is 5.52. The Hall–Kier alpha value is -3.24. The van der Waals surface area contributed by atoms with Crippen LogP contribution in [0, 0.1) is 5.82 Å². The number of hydrogen-bond acceptors (Lipinski definition) is 3. The first-order valence-corrected chi connectivity index (χ1v) is 10.1. The molecule has 1 heterocycles. The average Bonchev–Trinajstić information content (AvgIpc) is 2.73. The molecule has 0 aliphatic carbocycles. The van der Waals surface area contributed by atoms with Gasteiger partial charge in [-0.25, -0.2) is 9.18 Å². The molecule has 0 radical (unpaired) electrons. The Bertz CT molecular complexity index is 1160. The summed E-state index contributed by atoms with van der Waals surface area (Å²) in [6, 6.07) is 13.6. The molecule has 11 heteroatoms. The van der Waals surface area contributed by atoms with Crippen molar-refractivity contribution in [3.05, 3.63) is 100 Å². The first-order chi connectivity index (χ1) is 15.5. The molecule has 0 aliphatic heterocycles. The molecule has 0 bridgehead atoms. The van der Waals surface area contributed by atoms with Crippen LogP contribution >= 0.6 is 23.8 Å². The van der Waals surface area contributed by atoms with Crippen molar-refractivity contribution in [1.82, 2.24) is 15.6 Å². The summed E-state index contributed by atoms with van der Waals surface area (Å²) < 4.78 is 55.0. The van der Waals surface area contributed by atoms with Gasteiger partial charge in [-0.05, 0) is 53.7 Å². The number of alkyl halides is 3. The van der Waals surface area contributed by atoms with Crippen LogP contribution in [-0.2, 0) is 18.1 Å². The lowest BCUT2D eigenvalue weighted by atomic mass is 9.80. The molecule has 33 heavy (non-hydrogen) atoms. The second-order valence-electron chi connectivity index (χ2n) is 7.04. The highest BCUT2D eigenvalue weighted by Gasteiger charge is 2.40. The Morgan fingerprint density at radius 2 is 1.73 bits per heavy atom. The van der Waals surface area contributed by atoms with Crippen LogP contribution in [0.4, 0.5) is 22.4 Å². The number of carboxylic acid groups (broad SMARTS) is 1. The van der Waals surface area contributed by atoms with E-state index in [0.717, 1.165) is 12.1 Å². The zero-order chi connectivity index (χ0) is 24.2. The van der Waals surface area contributed by atoms with E-state index in [0.29, 0.717) is 11.6 Å². The molecule has 3 rings (SSSR count). The highest BCUT2D eigenvalue weighted by Crippen LogP contribution is 2.37. The third kappa shape index (κ3) is 5.96. The van der Waals surface area contributed by atoms with Gasteiger partial charge in [-0.2, -0.15) is 13.2 Å². The quantitative estimate of drug-likeness (QED) is 0.320. The summed E-state index contributed by atoms with van der Waals surface area (Å²) in [4.78, 5) is 15.4. The van der Waals surface area contributed by atoms with Crippen molar-refractivity contribution in [1.29, 1.82) is 0 Å². The molecule has 1 atom stereocenters. The molecule has 0 fully saturated rings. The van der Waals surface area contributed by atoms with E-state index in [4.69, 9.17) is 28.9 Å². The Morgan fingerprint density at radius 1 is 1.06 bits per heavy atom. The Balaban J connectivity index is 2.30. The fourth-order valence-corrected chi connectivity index (χ4v) is 3.75. The minimum Gasteiger partial charge on any atom is -0.465 e. The van der Waals surface area contributed by atoms with Gasteiger partial charge in [-0.1, -0.05) is 41.9 Å². The maximum atomic E-state index is 14.4. The summed E-state index contributed by atoms with van der Waals surface area (Å²) in [5.41, 5.74) is -2.29. The van der Waals surface area contributed by atoms with E-state index in [2.05, 4.69) is 10.3 Å². The Kier molecular flexibility index (Phi) is 7.19. The number of pyridine rings is 1. The number of rotatable bonds is 5. The van der Waals surface area contributed by atoms with Crippen molar-refractivity contribution in [2.75, 3.05) is 0 Å². The second kappa shape index (κ2) is 9.72. The van der Waals surface area contributed by atoms with Crippen LogP contribution in [0.1, 0.15) is 22.4 Å². The Morgan fingerprint density at radius 3 is 2.30 bits per heavy atom. The van der Waals surface area contributed by atoms with Crippen LogP contribution in [0.15, 0.2) is 66.9 Å². The lowest BCUT2D eigenvalue weighted by molar-refractivity contribution is -0.137. The minimum absolute atomic E-state index is 0.0509. The molecular formula is C22H16ClF4N3O2S. The highest BCUT2D eigenvalue weighted by atomic mass is 35.5. The Labute approximate surface area is 196 Å². The number of benzene rings is 2. The molecule has 172 valence electrons. The minimum atomic E-state index is -4.83. The van der Waals surface area contributed by atoms with Crippen LogP contribution in [0.3, 0.4) is 0 Å². The van der Waals surface area contributed by atoms with Gasteiger partial charge in [0.2, 0.25) is 0 Å². The van der Waals surface area contributed by atoms with Gasteiger partial charge >= 0.3 is 12.3 Å². The zero-order valence-corrected chi connectivity index (χ0v) is 18.2. The molecule has 0 aliphatic rings. The number of nitrogens with zero attached hydrogens (tertiary/aromatic N) is 1. The molecule has 0 spiro atoms. The summed E-state index contributed by atoms with van der Waals surface area (Å²) in [6.45, 7) is 0. The fraction of sp³-hybridized carbons (Fsp3) is 0.136. The van der Waals surface area contributed by atoms with Crippen molar-refractivity contribution >= 4 is 35.0 Å². The van der Waals surface area contributed by atoms with E-state index in [1.54, 1.807) is 30.3 Å². The van der Waals surface area contributed by atoms with Gasteiger partial charge in [-0.3, -0.25) is 10.3 Å².